The third-order valence-corrected chi connectivity index (χ3v) is 9.10. The van der Waals surface area contributed by atoms with E-state index in [0.29, 0.717) is 23.3 Å². The second-order valence-electron chi connectivity index (χ2n) is 13.3. The highest BCUT2D eigenvalue weighted by Gasteiger charge is 2.22. The second kappa shape index (κ2) is 14.6. The smallest absolute Gasteiger partial charge is 0.266 e. The summed E-state index contributed by atoms with van der Waals surface area (Å²) in [6, 6.07) is 33.2. The third-order valence-electron chi connectivity index (χ3n) is 8.38. The zero-order valence-corrected chi connectivity index (χ0v) is 29.1. The summed E-state index contributed by atoms with van der Waals surface area (Å²) in [5.74, 6) is -0.545. The van der Waals surface area contributed by atoms with Gasteiger partial charge in [0, 0.05) is 49.3 Å². The molecule has 1 unspecified atom stereocenters. The first kappa shape index (κ1) is 35.3. The summed E-state index contributed by atoms with van der Waals surface area (Å²) in [4.78, 5) is 26.4. The summed E-state index contributed by atoms with van der Waals surface area (Å²) in [7, 11) is -0.701. The van der Waals surface area contributed by atoms with Gasteiger partial charge in [-0.05, 0) is 70.0 Å². The van der Waals surface area contributed by atoms with E-state index in [9.17, 15) is 18.0 Å². The molecule has 254 valence electrons. The lowest BCUT2D eigenvalue weighted by Crippen LogP contribution is -2.28. The monoisotopic (exact) mass is 679 g/mol. The van der Waals surface area contributed by atoms with Crippen LogP contribution in [0.2, 0.25) is 0 Å². The van der Waals surface area contributed by atoms with Gasteiger partial charge in [-0.3, -0.25) is 14.1 Å². The predicted molar refractivity (Wildman–Crippen MR) is 191 cm³/mol. The fraction of sp³-hybridized carbons (Fsp3) is 0.256. The molecule has 5 rings (SSSR count). The molecule has 0 fully saturated rings. The van der Waals surface area contributed by atoms with Crippen molar-refractivity contribution in [3.05, 3.63) is 137 Å². The van der Waals surface area contributed by atoms with Crippen LogP contribution >= 0.6 is 0 Å². The van der Waals surface area contributed by atoms with Gasteiger partial charge in [-0.1, -0.05) is 92.7 Å². The maximum absolute atomic E-state index is 12.5. The van der Waals surface area contributed by atoms with Gasteiger partial charge in [0.25, 0.3) is 21.9 Å². The molecule has 4 aromatic carbocycles. The minimum absolute atomic E-state index is 0.0000719. The minimum Gasteiger partial charge on any atom is -0.356 e. The Kier molecular flexibility index (Phi) is 10.5. The topological polar surface area (TPSA) is 130 Å². The fourth-order valence-electron chi connectivity index (χ4n) is 5.54. The van der Waals surface area contributed by atoms with Crippen LogP contribution in [0.5, 0.6) is 0 Å². The van der Waals surface area contributed by atoms with Crippen LogP contribution in [-0.4, -0.2) is 61.2 Å². The average Bonchev–Trinajstić information content (AvgIpc) is 3.56. The number of hydrogen-bond donors (Lipinski definition) is 2. The highest BCUT2D eigenvalue weighted by molar-refractivity contribution is 7.85. The van der Waals surface area contributed by atoms with E-state index in [4.69, 9.17) is 9.08 Å². The molecule has 5 aromatic rings. The summed E-state index contributed by atoms with van der Waals surface area (Å²) >= 11 is 0. The lowest BCUT2D eigenvalue weighted by molar-refractivity contribution is 0.0827. The van der Waals surface area contributed by atoms with Gasteiger partial charge in [0.2, 0.25) is 0 Å². The van der Waals surface area contributed by atoms with Gasteiger partial charge in [0.15, 0.2) is 5.76 Å². The van der Waals surface area contributed by atoms with Crippen LogP contribution in [0.3, 0.4) is 0 Å². The van der Waals surface area contributed by atoms with E-state index in [1.54, 1.807) is 31.1 Å². The molecule has 0 aliphatic heterocycles. The van der Waals surface area contributed by atoms with Crippen molar-refractivity contribution in [2.24, 2.45) is 0 Å². The quantitative estimate of drug-likeness (QED) is 0.144. The molecule has 1 atom stereocenters. The Hall–Kier alpha value is -5.06. The first-order valence-electron chi connectivity index (χ1n) is 16.0. The predicted octanol–water partition coefficient (Wildman–Crippen LogP) is 7.00. The summed E-state index contributed by atoms with van der Waals surface area (Å²) in [5.41, 5.74) is 7.87. The Morgan fingerprint density at radius 2 is 1.47 bits per heavy atom. The van der Waals surface area contributed by atoms with Crippen LogP contribution in [0, 0.1) is 0 Å². The molecule has 10 heteroatoms. The number of amides is 2. The number of carbonyl (C=O) groups is 2. The third kappa shape index (κ3) is 9.10. The standard InChI is InChI=1S/C39H41N3O6S/c1-39(2,3)33-19-17-28(18-20-33)34(23-26-9-11-29(12-10-26)37(43)40-21-22-49(45,46)47)35-25-36(48-41-35)32-8-6-7-31(24-32)27-13-15-30(16-14-27)38(44)42(4)5/h6-20,24-25,34H,21-23H2,1-5H3,(H,40,43)(H,45,46,47). The lowest BCUT2D eigenvalue weighted by Gasteiger charge is -2.21. The largest absolute Gasteiger partial charge is 0.356 e. The number of nitrogens with one attached hydrogen (secondary N) is 1. The SMILES string of the molecule is CN(C)C(=O)c1ccc(-c2cccc(-c3cc(C(Cc4ccc(C(=O)NCCS(=O)(=O)O)cc4)c4ccc(C(C)(C)C)cc4)no3)c2)cc1. The molecule has 0 aliphatic rings. The highest BCUT2D eigenvalue weighted by atomic mass is 32.2. The second-order valence-corrected chi connectivity index (χ2v) is 14.9. The van der Waals surface area contributed by atoms with Crippen LogP contribution in [0.15, 0.2) is 108 Å². The van der Waals surface area contributed by atoms with E-state index in [-0.39, 0.29) is 23.8 Å². The Balaban J connectivity index is 1.40. The van der Waals surface area contributed by atoms with Crippen molar-refractivity contribution in [2.75, 3.05) is 26.4 Å². The van der Waals surface area contributed by atoms with Gasteiger partial charge in [0.05, 0.1) is 11.4 Å². The Labute approximate surface area is 287 Å². The molecule has 0 radical (unpaired) electrons. The van der Waals surface area contributed by atoms with E-state index < -0.39 is 21.8 Å². The number of hydrogen-bond acceptors (Lipinski definition) is 6. The van der Waals surface area contributed by atoms with E-state index in [0.717, 1.165) is 33.5 Å². The normalized spacial score (nSPS) is 12.4. The van der Waals surface area contributed by atoms with Crippen molar-refractivity contribution in [1.82, 2.24) is 15.4 Å². The molecule has 9 nitrogen and oxygen atoms in total. The number of nitrogens with zero attached hydrogens (tertiary/aromatic N) is 2. The number of benzene rings is 4. The maximum atomic E-state index is 12.5. The average molecular weight is 680 g/mol. The van der Waals surface area contributed by atoms with Crippen molar-refractivity contribution >= 4 is 21.9 Å². The zero-order chi connectivity index (χ0) is 35.3. The Morgan fingerprint density at radius 1 is 0.837 bits per heavy atom. The fourth-order valence-corrected chi connectivity index (χ4v) is 5.90. The first-order chi connectivity index (χ1) is 23.2. The van der Waals surface area contributed by atoms with Crippen molar-refractivity contribution in [3.63, 3.8) is 0 Å². The van der Waals surface area contributed by atoms with Crippen molar-refractivity contribution in [1.29, 1.82) is 0 Å². The van der Waals surface area contributed by atoms with Crippen LogP contribution in [-0.2, 0) is 22.0 Å². The highest BCUT2D eigenvalue weighted by Crippen LogP contribution is 2.34. The summed E-state index contributed by atoms with van der Waals surface area (Å²) < 4.78 is 36.8. The number of rotatable bonds is 11. The van der Waals surface area contributed by atoms with Gasteiger partial charge in [-0.25, -0.2) is 0 Å². The maximum Gasteiger partial charge on any atom is 0.266 e. The van der Waals surface area contributed by atoms with Crippen LogP contribution in [0.1, 0.15) is 69.8 Å². The summed E-state index contributed by atoms with van der Waals surface area (Å²) in [6.07, 6.45) is 0.587. The zero-order valence-electron chi connectivity index (χ0n) is 28.3. The molecule has 0 spiro atoms. The molecule has 1 heterocycles. The molecule has 0 saturated heterocycles. The lowest BCUT2D eigenvalue weighted by atomic mass is 9.83. The molecule has 0 saturated carbocycles. The number of carbonyl (C=O) groups excluding carboxylic acids is 2. The van der Waals surface area contributed by atoms with Crippen molar-refractivity contribution < 1.29 is 27.1 Å². The van der Waals surface area contributed by atoms with E-state index in [2.05, 4.69) is 55.5 Å². The molecule has 49 heavy (non-hydrogen) atoms. The molecule has 0 aliphatic carbocycles. The van der Waals surface area contributed by atoms with Crippen LogP contribution in [0.4, 0.5) is 0 Å². The van der Waals surface area contributed by atoms with Crippen LogP contribution < -0.4 is 5.32 Å². The molecular formula is C39H41N3O6S. The molecule has 1 aromatic heterocycles. The minimum atomic E-state index is -4.16. The van der Waals surface area contributed by atoms with Crippen LogP contribution in [0.25, 0.3) is 22.5 Å². The summed E-state index contributed by atoms with van der Waals surface area (Å²) in [5, 5.41) is 7.05. The van der Waals surface area contributed by atoms with Crippen molar-refractivity contribution in [2.45, 2.75) is 38.5 Å². The molecule has 2 N–H and O–H groups in total. The number of aromatic nitrogens is 1. The van der Waals surface area contributed by atoms with Gasteiger partial charge in [0.1, 0.15) is 0 Å². The molecule has 0 bridgehead atoms. The Morgan fingerprint density at radius 3 is 2.08 bits per heavy atom. The van der Waals surface area contributed by atoms with Crippen molar-refractivity contribution in [3.8, 4) is 22.5 Å². The van der Waals surface area contributed by atoms with E-state index in [1.165, 1.54) is 5.56 Å². The first-order valence-corrected chi connectivity index (χ1v) is 17.6. The molecular weight excluding hydrogens is 639 g/mol. The molecule has 2 amide bonds. The van der Waals surface area contributed by atoms with Gasteiger partial charge in [-0.2, -0.15) is 8.42 Å². The van der Waals surface area contributed by atoms with Gasteiger partial charge >= 0.3 is 0 Å². The van der Waals surface area contributed by atoms with Gasteiger partial charge in [-0.15, -0.1) is 0 Å². The van der Waals surface area contributed by atoms with Gasteiger partial charge < -0.3 is 14.7 Å². The van der Waals surface area contributed by atoms with E-state index >= 15 is 0 Å². The Bertz CT molecular complexity index is 2030. The summed E-state index contributed by atoms with van der Waals surface area (Å²) in [6.45, 7) is 6.34. The van der Waals surface area contributed by atoms with E-state index in [1.807, 2.05) is 66.7 Å².